The minimum atomic E-state index is -0.130. The molecule has 6 nitrogen and oxygen atoms in total. The van der Waals surface area contributed by atoms with Crippen LogP contribution in [0.3, 0.4) is 0 Å². The minimum Gasteiger partial charge on any atom is -0.472 e. The third-order valence-electron chi connectivity index (χ3n) is 2.68. The lowest BCUT2D eigenvalue weighted by Crippen LogP contribution is -2.00. The SMILES string of the molecule is OCc1ccc(OCc2ccc3c(c2)OCO3)nn1. The summed E-state index contributed by atoms with van der Waals surface area (Å²) < 4.78 is 16.0. The number of nitrogens with zero attached hydrogens (tertiary/aromatic N) is 2. The van der Waals surface area contributed by atoms with Crippen molar-refractivity contribution in [2.24, 2.45) is 0 Å². The van der Waals surface area contributed by atoms with Gasteiger partial charge in [0, 0.05) is 6.07 Å². The Kier molecular flexibility index (Phi) is 3.16. The van der Waals surface area contributed by atoms with E-state index in [-0.39, 0.29) is 13.4 Å². The Hall–Kier alpha value is -2.34. The van der Waals surface area contributed by atoms with E-state index >= 15 is 0 Å². The Morgan fingerprint density at radius 2 is 2.00 bits per heavy atom. The maximum Gasteiger partial charge on any atom is 0.233 e. The zero-order valence-electron chi connectivity index (χ0n) is 10.1. The number of benzene rings is 1. The first-order chi connectivity index (χ1) is 9.35. The van der Waals surface area contributed by atoms with Crippen molar-refractivity contribution in [1.29, 1.82) is 0 Å². The van der Waals surface area contributed by atoms with Crippen LogP contribution in [0.1, 0.15) is 11.3 Å². The van der Waals surface area contributed by atoms with E-state index in [9.17, 15) is 0 Å². The highest BCUT2D eigenvalue weighted by molar-refractivity contribution is 5.44. The number of fused-ring (bicyclic) bond motifs is 1. The van der Waals surface area contributed by atoms with Crippen LogP contribution in [0.15, 0.2) is 30.3 Å². The maximum atomic E-state index is 8.86. The molecule has 1 aromatic carbocycles. The molecule has 1 aromatic heterocycles. The topological polar surface area (TPSA) is 73.7 Å². The highest BCUT2D eigenvalue weighted by atomic mass is 16.7. The second-order valence-electron chi connectivity index (χ2n) is 4.00. The predicted octanol–water partition coefficient (Wildman–Crippen LogP) is 1.28. The van der Waals surface area contributed by atoms with E-state index < -0.39 is 0 Å². The fourth-order valence-corrected chi connectivity index (χ4v) is 1.70. The highest BCUT2D eigenvalue weighted by Gasteiger charge is 2.13. The van der Waals surface area contributed by atoms with Gasteiger partial charge in [0.1, 0.15) is 6.61 Å². The number of hydrogen-bond donors (Lipinski definition) is 1. The van der Waals surface area contributed by atoms with E-state index in [4.69, 9.17) is 19.3 Å². The van der Waals surface area contributed by atoms with Gasteiger partial charge in [0.15, 0.2) is 11.5 Å². The van der Waals surface area contributed by atoms with Gasteiger partial charge in [0.2, 0.25) is 12.7 Å². The van der Waals surface area contributed by atoms with Crippen molar-refractivity contribution < 1.29 is 19.3 Å². The fourth-order valence-electron chi connectivity index (χ4n) is 1.70. The zero-order valence-corrected chi connectivity index (χ0v) is 10.1. The van der Waals surface area contributed by atoms with Gasteiger partial charge in [0.25, 0.3) is 0 Å². The molecule has 2 heterocycles. The molecule has 0 unspecified atom stereocenters. The number of hydrogen-bond acceptors (Lipinski definition) is 6. The van der Waals surface area contributed by atoms with Crippen molar-refractivity contribution in [3.05, 3.63) is 41.6 Å². The van der Waals surface area contributed by atoms with Crippen molar-refractivity contribution in [3.63, 3.8) is 0 Å². The van der Waals surface area contributed by atoms with Crippen LogP contribution in [-0.2, 0) is 13.2 Å². The van der Waals surface area contributed by atoms with E-state index in [2.05, 4.69) is 10.2 Å². The molecule has 0 atom stereocenters. The molecule has 0 aliphatic carbocycles. The molecular weight excluding hydrogens is 248 g/mol. The molecule has 0 amide bonds. The van der Waals surface area contributed by atoms with E-state index in [1.165, 1.54) is 0 Å². The summed E-state index contributed by atoms with van der Waals surface area (Å²) in [5.74, 6) is 1.88. The van der Waals surface area contributed by atoms with Gasteiger partial charge < -0.3 is 19.3 Å². The van der Waals surface area contributed by atoms with Crippen LogP contribution in [0.2, 0.25) is 0 Å². The van der Waals surface area contributed by atoms with Gasteiger partial charge in [-0.05, 0) is 23.8 Å². The lowest BCUT2D eigenvalue weighted by atomic mass is 10.2. The van der Waals surface area contributed by atoms with Crippen molar-refractivity contribution in [2.75, 3.05) is 6.79 Å². The molecule has 19 heavy (non-hydrogen) atoms. The zero-order chi connectivity index (χ0) is 13.1. The lowest BCUT2D eigenvalue weighted by Gasteiger charge is -2.05. The number of rotatable bonds is 4. The molecule has 98 valence electrons. The van der Waals surface area contributed by atoms with Crippen molar-refractivity contribution >= 4 is 0 Å². The van der Waals surface area contributed by atoms with Gasteiger partial charge in [-0.3, -0.25) is 0 Å². The summed E-state index contributed by atoms with van der Waals surface area (Å²) in [6, 6.07) is 8.97. The summed E-state index contributed by atoms with van der Waals surface area (Å²) in [5.41, 5.74) is 1.47. The van der Waals surface area contributed by atoms with Gasteiger partial charge in [-0.15, -0.1) is 10.2 Å². The number of aliphatic hydroxyl groups excluding tert-OH is 1. The Morgan fingerprint density at radius 3 is 2.79 bits per heavy atom. The molecule has 0 saturated carbocycles. The van der Waals surface area contributed by atoms with Crippen molar-refractivity contribution in [2.45, 2.75) is 13.2 Å². The predicted molar refractivity (Wildman–Crippen MR) is 64.9 cm³/mol. The van der Waals surface area contributed by atoms with Crippen LogP contribution in [0.4, 0.5) is 0 Å². The largest absolute Gasteiger partial charge is 0.472 e. The first kappa shape index (κ1) is 11.7. The summed E-state index contributed by atoms with van der Waals surface area (Å²) in [7, 11) is 0. The fraction of sp³-hybridized carbons (Fsp3) is 0.231. The van der Waals surface area contributed by atoms with Gasteiger partial charge >= 0.3 is 0 Å². The molecule has 0 fully saturated rings. The number of aromatic nitrogens is 2. The molecule has 1 aliphatic rings. The Bertz CT molecular complexity index is 571. The van der Waals surface area contributed by atoms with Crippen molar-refractivity contribution in [1.82, 2.24) is 10.2 Å². The monoisotopic (exact) mass is 260 g/mol. The molecule has 6 heteroatoms. The first-order valence-electron chi connectivity index (χ1n) is 5.80. The van der Waals surface area contributed by atoms with Gasteiger partial charge in [-0.2, -0.15) is 0 Å². The Morgan fingerprint density at radius 1 is 1.11 bits per heavy atom. The average Bonchev–Trinajstić information content (AvgIpc) is 2.93. The second-order valence-corrected chi connectivity index (χ2v) is 4.00. The van der Waals surface area contributed by atoms with Crippen LogP contribution in [0.5, 0.6) is 17.4 Å². The molecule has 1 N–H and O–H groups in total. The van der Waals surface area contributed by atoms with E-state index in [1.54, 1.807) is 12.1 Å². The molecule has 0 bridgehead atoms. The summed E-state index contributed by atoms with van der Waals surface area (Å²) >= 11 is 0. The van der Waals surface area contributed by atoms with Crippen LogP contribution in [-0.4, -0.2) is 22.1 Å². The van der Waals surface area contributed by atoms with Gasteiger partial charge in [0.05, 0.1) is 12.3 Å². The number of ether oxygens (including phenoxy) is 3. The summed E-state index contributed by atoms with van der Waals surface area (Å²) in [5, 5.41) is 16.5. The van der Waals surface area contributed by atoms with E-state index in [1.807, 2.05) is 18.2 Å². The molecule has 3 rings (SSSR count). The third kappa shape index (κ3) is 2.58. The Labute approximate surface area is 109 Å². The van der Waals surface area contributed by atoms with Crippen LogP contribution in [0, 0.1) is 0 Å². The number of aliphatic hydroxyl groups is 1. The summed E-state index contributed by atoms with van der Waals surface area (Å²) in [6.45, 7) is 0.493. The van der Waals surface area contributed by atoms with E-state index in [0.29, 0.717) is 18.2 Å². The maximum absolute atomic E-state index is 8.86. The molecule has 0 radical (unpaired) electrons. The normalized spacial score (nSPS) is 12.5. The molecule has 0 saturated heterocycles. The summed E-state index contributed by atoms with van der Waals surface area (Å²) in [6.07, 6.45) is 0. The standard InChI is InChI=1S/C13H12N2O4/c16-6-10-2-4-13(15-14-10)17-7-9-1-3-11-12(5-9)19-8-18-11/h1-5,16H,6-8H2. The molecular formula is C13H12N2O4. The smallest absolute Gasteiger partial charge is 0.233 e. The summed E-state index contributed by atoms with van der Waals surface area (Å²) in [4.78, 5) is 0. The quantitative estimate of drug-likeness (QED) is 0.892. The molecule has 2 aromatic rings. The highest BCUT2D eigenvalue weighted by Crippen LogP contribution is 2.32. The second kappa shape index (κ2) is 5.11. The lowest BCUT2D eigenvalue weighted by molar-refractivity contribution is 0.174. The average molecular weight is 260 g/mol. The van der Waals surface area contributed by atoms with Gasteiger partial charge in [-0.1, -0.05) is 6.07 Å². The Balaban J connectivity index is 1.65. The van der Waals surface area contributed by atoms with E-state index in [0.717, 1.165) is 17.1 Å². The van der Waals surface area contributed by atoms with Crippen LogP contribution < -0.4 is 14.2 Å². The molecule has 1 aliphatic heterocycles. The van der Waals surface area contributed by atoms with Crippen LogP contribution >= 0.6 is 0 Å². The van der Waals surface area contributed by atoms with Gasteiger partial charge in [-0.25, -0.2) is 0 Å². The van der Waals surface area contributed by atoms with Crippen LogP contribution in [0.25, 0.3) is 0 Å². The van der Waals surface area contributed by atoms with Crippen molar-refractivity contribution in [3.8, 4) is 17.4 Å². The first-order valence-corrected chi connectivity index (χ1v) is 5.80. The molecule has 0 spiro atoms. The minimum absolute atomic E-state index is 0.130. The third-order valence-corrected chi connectivity index (χ3v) is 2.68.